The van der Waals surface area contributed by atoms with E-state index in [1.165, 1.54) is 0 Å². The first-order valence-electron chi connectivity index (χ1n) is 12.5. The molecule has 35 heavy (non-hydrogen) atoms. The standard InChI is InChI=1S/C27H32N4O4/c1-35-24-11-4-3-9-20(24)28-25(32)18-31-23-17-19(26(33)29-14-6-2-7-15-29)12-13-21(23)30-16-8-5-10-22(30)27(31)34/h3-4,9,11-13,17,22H,2,5-8,10,14-16,18H2,1H3,(H,28,32)/t22-/m1/s1. The average molecular weight is 477 g/mol. The number of methoxy groups -OCH3 is 1. The van der Waals surface area contributed by atoms with Gasteiger partial charge in [0.2, 0.25) is 11.8 Å². The maximum absolute atomic E-state index is 13.6. The molecule has 1 N–H and O–H groups in total. The zero-order valence-electron chi connectivity index (χ0n) is 20.2. The van der Waals surface area contributed by atoms with Gasteiger partial charge in [-0.3, -0.25) is 19.3 Å². The molecule has 0 aromatic heterocycles. The Hall–Kier alpha value is -3.55. The first kappa shape index (κ1) is 23.2. The molecule has 3 aliphatic rings. The van der Waals surface area contributed by atoms with Gasteiger partial charge >= 0.3 is 0 Å². The normalized spacial score (nSPS) is 19.6. The molecule has 0 aliphatic carbocycles. The fraction of sp³-hybridized carbons (Fsp3) is 0.444. The zero-order valence-corrected chi connectivity index (χ0v) is 20.2. The molecule has 5 rings (SSSR count). The third-order valence-corrected chi connectivity index (χ3v) is 7.20. The molecule has 3 heterocycles. The first-order valence-corrected chi connectivity index (χ1v) is 12.5. The van der Waals surface area contributed by atoms with Crippen molar-refractivity contribution in [3.63, 3.8) is 0 Å². The number of likely N-dealkylation sites (tertiary alicyclic amines) is 1. The molecule has 0 saturated carbocycles. The van der Waals surface area contributed by atoms with Crippen molar-refractivity contribution in [3.05, 3.63) is 48.0 Å². The number of piperidine rings is 2. The number of fused-ring (bicyclic) bond motifs is 3. The van der Waals surface area contributed by atoms with Crippen LogP contribution in [-0.2, 0) is 9.59 Å². The Morgan fingerprint density at radius 3 is 2.54 bits per heavy atom. The summed E-state index contributed by atoms with van der Waals surface area (Å²) in [7, 11) is 1.55. The van der Waals surface area contributed by atoms with Crippen molar-refractivity contribution in [2.24, 2.45) is 0 Å². The van der Waals surface area contributed by atoms with Crippen LogP contribution in [-0.4, -0.2) is 62.0 Å². The second-order valence-corrected chi connectivity index (χ2v) is 9.43. The molecule has 0 spiro atoms. The molecule has 0 unspecified atom stereocenters. The fourth-order valence-electron chi connectivity index (χ4n) is 5.41. The molecule has 184 valence electrons. The van der Waals surface area contributed by atoms with Gasteiger partial charge in [0.25, 0.3) is 5.91 Å². The number of carbonyl (C=O) groups is 3. The van der Waals surface area contributed by atoms with E-state index in [-0.39, 0.29) is 30.3 Å². The van der Waals surface area contributed by atoms with E-state index in [1.54, 1.807) is 30.2 Å². The lowest BCUT2D eigenvalue weighted by molar-refractivity contribution is -0.123. The van der Waals surface area contributed by atoms with E-state index in [4.69, 9.17) is 4.74 Å². The number of rotatable bonds is 5. The van der Waals surface area contributed by atoms with Gasteiger partial charge < -0.3 is 19.9 Å². The van der Waals surface area contributed by atoms with Crippen molar-refractivity contribution in [1.82, 2.24) is 4.90 Å². The van der Waals surface area contributed by atoms with E-state index in [1.807, 2.05) is 29.2 Å². The Morgan fingerprint density at radius 2 is 1.74 bits per heavy atom. The lowest BCUT2D eigenvalue weighted by Gasteiger charge is -2.45. The number of nitrogens with one attached hydrogen (secondary N) is 1. The number of hydrogen-bond donors (Lipinski definition) is 1. The van der Waals surface area contributed by atoms with Gasteiger partial charge in [-0.25, -0.2) is 0 Å². The van der Waals surface area contributed by atoms with E-state index in [2.05, 4.69) is 10.2 Å². The highest BCUT2D eigenvalue weighted by Crippen LogP contribution is 2.40. The number of carbonyl (C=O) groups excluding carboxylic acids is 3. The predicted octanol–water partition coefficient (Wildman–Crippen LogP) is 3.67. The minimum atomic E-state index is -0.314. The summed E-state index contributed by atoms with van der Waals surface area (Å²) in [6.07, 6.45) is 5.94. The van der Waals surface area contributed by atoms with Gasteiger partial charge in [0.05, 0.1) is 24.2 Å². The molecule has 8 heteroatoms. The molecular formula is C27H32N4O4. The molecule has 2 aromatic rings. The maximum Gasteiger partial charge on any atom is 0.253 e. The highest BCUT2D eigenvalue weighted by Gasteiger charge is 2.40. The highest BCUT2D eigenvalue weighted by atomic mass is 16.5. The van der Waals surface area contributed by atoms with Crippen LogP contribution in [0.25, 0.3) is 0 Å². The summed E-state index contributed by atoms with van der Waals surface area (Å²) in [6.45, 7) is 2.18. The minimum absolute atomic E-state index is 0.0147. The molecule has 1 atom stereocenters. The van der Waals surface area contributed by atoms with Crippen LogP contribution in [0, 0.1) is 0 Å². The monoisotopic (exact) mass is 476 g/mol. The Bertz CT molecular complexity index is 1130. The van der Waals surface area contributed by atoms with Gasteiger partial charge in [-0.2, -0.15) is 0 Å². The lowest BCUT2D eigenvalue weighted by Crippen LogP contribution is -2.56. The van der Waals surface area contributed by atoms with Crippen LogP contribution < -0.4 is 19.9 Å². The van der Waals surface area contributed by atoms with Crippen LogP contribution in [0.5, 0.6) is 5.75 Å². The Labute approximate surface area is 205 Å². The van der Waals surface area contributed by atoms with Crippen molar-refractivity contribution in [2.75, 3.05) is 48.4 Å². The first-order chi connectivity index (χ1) is 17.1. The molecule has 0 radical (unpaired) electrons. The van der Waals surface area contributed by atoms with Gasteiger partial charge in [-0.1, -0.05) is 12.1 Å². The lowest BCUT2D eigenvalue weighted by atomic mass is 9.95. The summed E-state index contributed by atoms with van der Waals surface area (Å²) in [6, 6.07) is 12.5. The SMILES string of the molecule is COc1ccccc1NC(=O)CN1C(=O)[C@H]2CCCCN2c2ccc(C(=O)N3CCCCC3)cc21. The summed E-state index contributed by atoms with van der Waals surface area (Å²) < 4.78 is 5.34. The number of benzene rings is 2. The number of amides is 3. The molecule has 0 bridgehead atoms. The third kappa shape index (κ3) is 4.57. The van der Waals surface area contributed by atoms with E-state index in [0.717, 1.165) is 63.8 Å². The molecule has 2 saturated heterocycles. The topological polar surface area (TPSA) is 82.2 Å². The highest BCUT2D eigenvalue weighted by molar-refractivity contribution is 6.11. The van der Waals surface area contributed by atoms with E-state index in [9.17, 15) is 14.4 Å². The largest absolute Gasteiger partial charge is 0.495 e. The zero-order chi connectivity index (χ0) is 24.4. The summed E-state index contributed by atoms with van der Waals surface area (Å²) >= 11 is 0. The quantitative estimate of drug-likeness (QED) is 0.712. The molecule has 2 fully saturated rings. The van der Waals surface area contributed by atoms with E-state index in [0.29, 0.717) is 22.7 Å². The summed E-state index contributed by atoms with van der Waals surface area (Å²) in [5.74, 6) is 0.138. The van der Waals surface area contributed by atoms with Crippen molar-refractivity contribution >= 4 is 34.8 Å². The number of hydrogen-bond acceptors (Lipinski definition) is 5. The van der Waals surface area contributed by atoms with Crippen LogP contribution in [0.3, 0.4) is 0 Å². The van der Waals surface area contributed by atoms with Crippen molar-refractivity contribution in [3.8, 4) is 5.75 Å². The molecule has 3 amide bonds. The van der Waals surface area contributed by atoms with Gasteiger partial charge in [-0.05, 0) is 68.9 Å². The maximum atomic E-state index is 13.6. The van der Waals surface area contributed by atoms with Crippen LogP contribution in [0.2, 0.25) is 0 Å². The summed E-state index contributed by atoms with van der Waals surface area (Å²) in [5, 5.41) is 2.87. The Balaban J connectivity index is 1.45. The van der Waals surface area contributed by atoms with Gasteiger partial charge in [-0.15, -0.1) is 0 Å². The Morgan fingerprint density at radius 1 is 0.971 bits per heavy atom. The van der Waals surface area contributed by atoms with Gasteiger partial charge in [0, 0.05) is 25.2 Å². The van der Waals surface area contributed by atoms with Crippen LogP contribution in [0.1, 0.15) is 48.9 Å². The minimum Gasteiger partial charge on any atom is -0.495 e. The van der Waals surface area contributed by atoms with Crippen LogP contribution in [0.4, 0.5) is 17.1 Å². The summed E-state index contributed by atoms with van der Waals surface area (Å²) in [5.41, 5.74) is 2.66. The van der Waals surface area contributed by atoms with Crippen LogP contribution in [0.15, 0.2) is 42.5 Å². The smallest absolute Gasteiger partial charge is 0.253 e. The van der Waals surface area contributed by atoms with E-state index < -0.39 is 0 Å². The number of para-hydroxylation sites is 2. The van der Waals surface area contributed by atoms with Crippen molar-refractivity contribution in [1.29, 1.82) is 0 Å². The second kappa shape index (κ2) is 9.98. The molecule has 2 aromatic carbocycles. The molecule has 8 nitrogen and oxygen atoms in total. The predicted molar refractivity (Wildman–Crippen MR) is 135 cm³/mol. The number of anilines is 3. The molecular weight excluding hydrogens is 444 g/mol. The van der Waals surface area contributed by atoms with Crippen LogP contribution >= 0.6 is 0 Å². The van der Waals surface area contributed by atoms with Gasteiger partial charge in [0.15, 0.2) is 0 Å². The average Bonchev–Trinajstić information content (AvgIpc) is 2.91. The fourth-order valence-corrected chi connectivity index (χ4v) is 5.41. The van der Waals surface area contributed by atoms with E-state index >= 15 is 0 Å². The number of ether oxygens (including phenoxy) is 1. The van der Waals surface area contributed by atoms with Gasteiger partial charge in [0.1, 0.15) is 18.3 Å². The number of nitrogens with zero attached hydrogens (tertiary/aromatic N) is 3. The molecule has 3 aliphatic heterocycles. The summed E-state index contributed by atoms with van der Waals surface area (Å²) in [4.78, 5) is 45.5. The third-order valence-electron chi connectivity index (χ3n) is 7.20. The Kier molecular flexibility index (Phi) is 6.61. The van der Waals surface area contributed by atoms with Crippen molar-refractivity contribution < 1.29 is 19.1 Å². The second-order valence-electron chi connectivity index (χ2n) is 9.43. The van der Waals surface area contributed by atoms with Crippen molar-refractivity contribution in [2.45, 2.75) is 44.6 Å².